The van der Waals surface area contributed by atoms with Crippen molar-refractivity contribution in [2.24, 2.45) is 0 Å². The lowest BCUT2D eigenvalue weighted by molar-refractivity contribution is -0.380. The molecule has 200 valence electrons. The number of pyridine rings is 1. The molecule has 1 atom stereocenters. The predicted octanol–water partition coefficient (Wildman–Crippen LogP) is 5.05. The summed E-state index contributed by atoms with van der Waals surface area (Å²) < 4.78 is 43.0. The summed E-state index contributed by atoms with van der Waals surface area (Å²) >= 11 is 12.6. The predicted molar refractivity (Wildman–Crippen MR) is 144 cm³/mol. The van der Waals surface area contributed by atoms with Gasteiger partial charge in [0.2, 0.25) is 11.8 Å². The zero-order valence-corrected chi connectivity index (χ0v) is 23.1. The molecule has 2 aromatic heterocycles. The molecule has 3 rings (SSSR count). The first-order valence-electron chi connectivity index (χ1n) is 10.9. The molecule has 1 unspecified atom stereocenters. The minimum atomic E-state index is -4.41. The molecule has 14 heteroatoms. The van der Waals surface area contributed by atoms with Crippen LogP contribution in [0.15, 0.2) is 47.8 Å². The van der Waals surface area contributed by atoms with Gasteiger partial charge in [-0.1, -0.05) is 11.3 Å². The van der Waals surface area contributed by atoms with E-state index in [-0.39, 0.29) is 34.5 Å². The van der Waals surface area contributed by atoms with E-state index in [1.54, 1.807) is 24.3 Å². The van der Waals surface area contributed by atoms with Gasteiger partial charge in [-0.25, -0.2) is 0 Å². The van der Waals surface area contributed by atoms with Gasteiger partial charge in [-0.05, 0) is 41.8 Å². The third-order valence-electron chi connectivity index (χ3n) is 5.38. The van der Waals surface area contributed by atoms with Gasteiger partial charge >= 0.3 is 15.1 Å². The van der Waals surface area contributed by atoms with Crippen LogP contribution in [0, 0.1) is 10.1 Å². The number of thiophene rings is 1. The normalized spacial score (nSPS) is 12.1. The highest BCUT2D eigenvalue weighted by atomic mass is 35.5. The molecule has 0 radical (unpaired) electrons. The van der Waals surface area contributed by atoms with Gasteiger partial charge in [0, 0.05) is 48.6 Å². The minimum absolute atomic E-state index is 0.0138. The smallest absolute Gasteiger partial charge is 0.328 e. The summed E-state index contributed by atoms with van der Waals surface area (Å²) in [5.41, 5.74) is 1.22. The summed E-state index contributed by atoms with van der Waals surface area (Å²) in [5, 5.41) is 11.4. The fourth-order valence-corrected chi connectivity index (χ4v) is 6.29. The highest BCUT2D eigenvalue weighted by Crippen LogP contribution is 2.39. The summed E-state index contributed by atoms with van der Waals surface area (Å²) in [6.07, 6.45) is -0.183. The molecule has 2 heterocycles. The van der Waals surface area contributed by atoms with Gasteiger partial charge in [-0.2, -0.15) is 13.4 Å². The first kappa shape index (κ1) is 28.8. The number of nitro groups is 1. The van der Waals surface area contributed by atoms with Crippen LogP contribution in [0.3, 0.4) is 0 Å². The Hall–Kier alpha value is -2.80. The monoisotopic (exact) mass is 589 g/mol. The van der Waals surface area contributed by atoms with Crippen LogP contribution in [0.4, 0.5) is 10.7 Å². The molecule has 0 amide bonds. The van der Waals surface area contributed by atoms with E-state index in [9.17, 15) is 18.5 Å². The zero-order valence-electron chi connectivity index (χ0n) is 20.0. The second-order valence-corrected chi connectivity index (χ2v) is 11.0. The van der Waals surface area contributed by atoms with E-state index >= 15 is 0 Å². The Labute approximate surface area is 229 Å². The Morgan fingerprint density at radius 3 is 2.30 bits per heavy atom. The van der Waals surface area contributed by atoms with E-state index < -0.39 is 20.3 Å². The van der Waals surface area contributed by atoms with Crippen molar-refractivity contribution in [3.05, 3.63) is 69.1 Å². The van der Waals surface area contributed by atoms with Crippen LogP contribution in [0.25, 0.3) is 0 Å². The number of benzene rings is 1. The Morgan fingerprint density at radius 1 is 1.05 bits per heavy atom. The number of anilines is 1. The van der Waals surface area contributed by atoms with Gasteiger partial charge in [-0.3, -0.25) is 10.1 Å². The molecule has 10 nitrogen and oxygen atoms in total. The largest absolute Gasteiger partial charge is 0.481 e. The fourth-order valence-electron chi connectivity index (χ4n) is 3.65. The van der Waals surface area contributed by atoms with E-state index in [1.807, 2.05) is 4.90 Å². The first-order valence-corrected chi connectivity index (χ1v) is 14.4. The third-order valence-corrected chi connectivity index (χ3v) is 8.14. The molecule has 0 N–H and O–H groups in total. The number of aromatic nitrogens is 1. The fraction of sp³-hybridized carbons (Fsp3) is 0.348. The first-order chi connectivity index (χ1) is 17.7. The Kier molecular flexibility index (Phi) is 10.2. The average Bonchev–Trinajstić information content (AvgIpc) is 3.37. The third kappa shape index (κ3) is 7.16. The van der Waals surface area contributed by atoms with Crippen LogP contribution in [0.1, 0.15) is 16.4 Å². The van der Waals surface area contributed by atoms with Gasteiger partial charge in [0.1, 0.15) is 11.0 Å². The summed E-state index contributed by atoms with van der Waals surface area (Å²) in [6, 6.07) is 11.0. The molecule has 37 heavy (non-hydrogen) atoms. The molecule has 0 aliphatic rings. The van der Waals surface area contributed by atoms with Crippen LogP contribution in [0.2, 0.25) is 0 Å². The molecule has 0 aliphatic heterocycles. The Morgan fingerprint density at radius 2 is 1.73 bits per heavy atom. The number of halogens is 2. The molecule has 0 bridgehead atoms. The number of rotatable bonds is 14. The SMILES string of the molecule is COc1ccc(CC(c2ccsc2[N+](=O)[O-])S(=O)(=O)Oc2ccc(N(CCCl)CCCl)cc2)c(OC)n1. The summed E-state index contributed by atoms with van der Waals surface area (Å²) in [5.74, 6) is 1.27. The number of nitrogens with zero attached hydrogens (tertiary/aromatic N) is 3. The maximum atomic E-state index is 13.6. The second-order valence-electron chi connectivity index (χ2n) is 7.59. The minimum Gasteiger partial charge on any atom is -0.481 e. The summed E-state index contributed by atoms with van der Waals surface area (Å²) in [7, 11) is -1.59. The van der Waals surface area contributed by atoms with Gasteiger partial charge in [0.05, 0.1) is 24.7 Å². The maximum absolute atomic E-state index is 13.6. The van der Waals surface area contributed by atoms with Gasteiger partial charge in [0.25, 0.3) is 0 Å². The van der Waals surface area contributed by atoms with Crippen molar-refractivity contribution in [2.45, 2.75) is 11.7 Å². The highest BCUT2D eigenvalue weighted by Gasteiger charge is 2.37. The molecular weight excluding hydrogens is 565 g/mol. The summed E-state index contributed by atoms with van der Waals surface area (Å²) in [4.78, 5) is 17.2. The molecule has 3 aromatic rings. The van der Waals surface area contributed by atoms with E-state index in [1.165, 1.54) is 37.8 Å². The van der Waals surface area contributed by atoms with Crippen LogP contribution >= 0.6 is 34.5 Å². The molecule has 0 aliphatic carbocycles. The van der Waals surface area contributed by atoms with Crippen LogP contribution in [-0.4, -0.2) is 57.4 Å². The maximum Gasteiger partial charge on any atom is 0.328 e. The van der Waals surface area contributed by atoms with Gasteiger partial charge in [0.15, 0.2) is 0 Å². The number of hydrogen-bond acceptors (Lipinski definition) is 10. The number of alkyl halides is 2. The average molecular weight is 591 g/mol. The van der Waals surface area contributed by atoms with Crippen molar-refractivity contribution in [3.8, 4) is 17.5 Å². The van der Waals surface area contributed by atoms with Gasteiger partial charge < -0.3 is 18.6 Å². The standard InChI is InChI=1S/C23H25Cl2N3O7S2/c1-33-21-8-3-16(22(26-21)34-2)15-20(19-9-14-36-23(19)28(29)30)37(31,32)35-18-6-4-17(5-7-18)27(12-10-24)13-11-25/h3-9,14,20H,10-13,15H2,1-2H3. The quantitative estimate of drug-likeness (QED) is 0.110. The number of ether oxygens (including phenoxy) is 2. The van der Waals surface area contributed by atoms with Crippen molar-refractivity contribution < 1.29 is 27.0 Å². The number of hydrogen-bond donors (Lipinski definition) is 0. The van der Waals surface area contributed by atoms with Crippen molar-refractivity contribution >= 4 is 55.3 Å². The van der Waals surface area contributed by atoms with Gasteiger partial charge in [-0.15, -0.1) is 23.2 Å². The lowest BCUT2D eigenvalue weighted by atomic mass is 10.1. The lowest BCUT2D eigenvalue weighted by Gasteiger charge is -2.23. The second kappa shape index (κ2) is 13.1. The molecule has 0 spiro atoms. The van der Waals surface area contributed by atoms with E-state index in [2.05, 4.69) is 4.98 Å². The molecule has 0 saturated carbocycles. The number of methoxy groups -OCH3 is 2. The highest BCUT2D eigenvalue weighted by molar-refractivity contribution is 7.87. The van der Waals surface area contributed by atoms with Crippen LogP contribution in [-0.2, 0) is 16.5 Å². The van der Waals surface area contributed by atoms with E-state index in [0.717, 1.165) is 17.0 Å². The topological polar surface area (TPSA) is 121 Å². The lowest BCUT2D eigenvalue weighted by Crippen LogP contribution is -2.27. The van der Waals surface area contributed by atoms with Crippen molar-refractivity contribution in [3.63, 3.8) is 0 Å². The summed E-state index contributed by atoms with van der Waals surface area (Å²) in [6.45, 7) is 1.13. The van der Waals surface area contributed by atoms with Crippen molar-refractivity contribution in [1.29, 1.82) is 0 Å². The van der Waals surface area contributed by atoms with E-state index in [0.29, 0.717) is 30.4 Å². The zero-order chi connectivity index (χ0) is 27.0. The van der Waals surface area contributed by atoms with Crippen LogP contribution in [0.5, 0.6) is 17.5 Å². The Bertz CT molecular complexity index is 1300. The molecule has 0 fully saturated rings. The Balaban J connectivity index is 1.97. The van der Waals surface area contributed by atoms with Crippen molar-refractivity contribution in [2.75, 3.05) is 44.0 Å². The van der Waals surface area contributed by atoms with E-state index in [4.69, 9.17) is 36.9 Å². The molecule has 0 saturated heterocycles. The van der Waals surface area contributed by atoms with Crippen molar-refractivity contribution in [1.82, 2.24) is 4.98 Å². The molecular formula is C23H25Cl2N3O7S2. The van der Waals surface area contributed by atoms with Crippen LogP contribution < -0.4 is 18.6 Å². The molecule has 1 aromatic carbocycles.